The minimum atomic E-state index is -4.16. The van der Waals surface area contributed by atoms with Crippen molar-refractivity contribution in [1.82, 2.24) is 20.4 Å². The largest absolute Gasteiger partial charge is 0.496 e. The zero-order chi connectivity index (χ0) is 22.3. The number of hydrogen-bond acceptors (Lipinski definition) is 4. The highest BCUT2D eigenvalue weighted by molar-refractivity contribution is 14.0. The first-order chi connectivity index (χ1) is 14.9. The highest BCUT2D eigenvalue weighted by Crippen LogP contribution is 2.31. The Labute approximate surface area is 206 Å². The van der Waals surface area contributed by atoms with E-state index in [-0.39, 0.29) is 36.1 Å². The Kier molecular flexibility index (Phi) is 10.8. The van der Waals surface area contributed by atoms with Gasteiger partial charge in [-0.15, -0.1) is 24.0 Å². The Morgan fingerprint density at radius 2 is 1.91 bits per heavy atom. The third kappa shape index (κ3) is 7.95. The van der Waals surface area contributed by atoms with Crippen LogP contribution in [-0.4, -0.2) is 81.4 Å². The van der Waals surface area contributed by atoms with Crippen molar-refractivity contribution >= 4 is 29.9 Å². The lowest BCUT2D eigenvalue weighted by Crippen LogP contribution is -2.48. The molecule has 0 radical (unpaired) electrons. The molecule has 2 saturated heterocycles. The Balaban J connectivity index is 0.00000363. The summed E-state index contributed by atoms with van der Waals surface area (Å²) in [6.45, 7) is 2.64. The number of rotatable bonds is 7. The normalized spacial score (nSPS) is 21.7. The molecule has 0 spiro atoms. The van der Waals surface area contributed by atoms with Crippen LogP contribution in [0, 0.1) is 0 Å². The summed E-state index contributed by atoms with van der Waals surface area (Å²) >= 11 is 0. The smallest absolute Gasteiger partial charge is 0.401 e. The van der Waals surface area contributed by atoms with Crippen LogP contribution in [0.4, 0.5) is 13.2 Å². The quantitative estimate of drug-likeness (QED) is 0.299. The lowest BCUT2D eigenvalue weighted by molar-refractivity contribution is -0.143. The maximum Gasteiger partial charge on any atom is 0.401 e. The zero-order valence-corrected chi connectivity index (χ0v) is 21.2. The van der Waals surface area contributed by atoms with Crippen molar-refractivity contribution in [1.29, 1.82) is 0 Å². The highest BCUT2D eigenvalue weighted by atomic mass is 127. The summed E-state index contributed by atoms with van der Waals surface area (Å²) in [7, 11) is 3.38. The van der Waals surface area contributed by atoms with Crippen molar-refractivity contribution in [3.05, 3.63) is 29.8 Å². The molecule has 0 bridgehead atoms. The van der Waals surface area contributed by atoms with Crippen molar-refractivity contribution in [2.75, 3.05) is 53.4 Å². The van der Waals surface area contributed by atoms with Gasteiger partial charge in [0.2, 0.25) is 0 Å². The van der Waals surface area contributed by atoms with Gasteiger partial charge in [-0.25, -0.2) is 0 Å². The van der Waals surface area contributed by atoms with E-state index >= 15 is 0 Å². The zero-order valence-electron chi connectivity index (χ0n) is 18.8. The monoisotopic (exact) mass is 569 g/mol. The van der Waals surface area contributed by atoms with Gasteiger partial charge in [0, 0.05) is 38.3 Å². The number of halogens is 4. The lowest BCUT2D eigenvalue weighted by atomic mass is 10.0. The van der Waals surface area contributed by atoms with E-state index in [2.05, 4.69) is 26.6 Å². The van der Waals surface area contributed by atoms with Crippen LogP contribution >= 0.6 is 24.0 Å². The van der Waals surface area contributed by atoms with Gasteiger partial charge in [-0.2, -0.15) is 13.2 Å². The minimum absolute atomic E-state index is 0. The number of likely N-dealkylation sites (tertiary alicyclic amines) is 2. The average Bonchev–Trinajstić information content (AvgIpc) is 3.19. The van der Waals surface area contributed by atoms with E-state index in [1.807, 2.05) is 18.2 Å². The molecule has 0 saturated carbocycles. The number of para-hydroxylation sites is 1. The van der Waals surface area contributed by atoms with Gasteiger partial charge in [0.25, 0.3) is 0 Å². The number of hydrogen-bond donors (Lipinski definition) is 2. The van der Waals surface area contributed by atoms with E-state index in [0.29, 0.717) is 32.0 Å². The first-order valence-corrected chi connectivity index (χ1v) is 11.0. The van der Waals surface area contributed by atoms with Crippen LogP contribution in [0.2, 0.25) is 0 Å². The van der Waals surface area contributed by atoms with Crippen LogP contribution in [0.5, 0.6) is 5.75 Å². The topological polar surface area (TPSA) is 52.1 Å². The molecule has 0 aromatic heterocycles. The molecule has 32 heavy (non-hydrogen) atoms. The molecule has 2 N–H and O–H groups in total. The van der Waals surface area contributed by atoms with Crippen molar-refractivity contribution < 1.29 is 17.9 Å². The van der Waals surface area contributed by atoms with Gasteiger partial charge < -0.3 is 15.4 Å². The second-order valence-corrected chi connectivity index (χ2v) is 8.29. The van der Waals surface area contributed by atoms with Crippen LogP contribution in [0.25, 0.3) is 0 Å². The molecule has 2 aliphatic heterocycles. The van der Waals surface area contributed by atoms with Gasteiger partial charge >= 0.3 is 6.18 Å². The molecule has 182 valence electrons. The molecule has 6 nitrogen and oxygen atoms in total. The average molecular weight is 569 g/mol. The third-order valence-electron chi connectivity index (χ3n) is 6.03. The number of benzene rings is 1. The maximum absolute atomic E-state index is 12.7. The van der Waals surface area contributed by atoms with Gasteiger partial charge in [0.05, 0.1) is 19.7 Å². The fourth-order valence-corrected chi connectivity index (χ4v) is 4.54. The van der Waals surface area contributed by atoms with Gasteiger partial charge in [-0.05, 0) is 38.4 Å². The second kappa shape index (κ2) is 12.8. The standard InChI is InChI=1S/C22H34F3N5O.HI/c1-26-21(28-17-10-13-29(15-17)16-22(23,24)25)27-14-19(30-11-6-3-7-12-30)18-8-4-5-9-20(18)31-2;/h4-5,8-9,17,19H,3,6-7,10-16H2,1-2H3,(H2,26,27,28);1H. The summed E-state index contributed by atoms with van der Waals surface area (Å²) in [5.74, 6) is 1.48. The number of aliphatic imine (C=N–C) groups is 1. The summed E-state index contributed by atoms with van der Waals surface area (Å²) in [4.78, 5) is 8.22. The predicted octanol–water partition coefficient (Wildman–Crippen LogP) is 3.64. The first kappa shape index (κ1) is 27.0. The fraction of sp³-hybridized carbons (Fsp3) is 0.682. The number of alkyl halides is 3. The Bertz CT molecular complexity index is 728. The highest BCUT2D eigenvalue weighted by Gasteiger charge is 2.34. The number of guanidine groups is 1. The van der Waals surface area contributed by atoms with E-state index in [4.69, 9.17) is 4.74 Å². The lowest BCUT2D eigenvalue weighted by Gasteiger charge is -2.36. The van der Waals surface area contributed by atoms with Crippen LogP contribution in [0.3, 0.4) is 0 Å². The molecule has 0 amide bonds. The Morgan fingerprint density at radius 1 is 1.19 bits per heavy atom. The third-order valence-corrected chi connectivity index (χ3v) is 6.03. The number of nitrogens with zero attached hydrogens (tertiary/aromatic N) is 3. The molecule has 2 fully saturated rings. The Hall–Kier alpha value is -1.27. The second-order valence-electron chi connectivity index (χ2n) is 8.29. The summed E-state index contributed by atoms with van der Waals surface area (Å²) in [6, 6.07) is 8.15. The minimum Gasteiger partial charge on any atom is -0.496 e. The van der Waals surface area contributed by atoms with E-state index in [1.165, 1.54) is 24.2 Å². The first-order valence-electron chi connectivity index (χ1n) is 11.0. The molecule has 2 unspecified atom stereocenters. The molecule has 10 heteroatoms. The van der Waals surface area contributed by atoms with E-state index in [0.717, 1.165) is 24.4 Å². The molecule has 1 aromatic rings. The van der Waals surface area contributed by atoms with Crippen molar-refractivity contribution in [2.24, 2.45) is 4.99 Å². The SMILES string of the molecule is CN=C(NCC(c1ccccc1OC)N1CCCCC1)NC1CCN(CC(F)(F)F)C1.I. The van der Waals surface area contributed by atoms with Crippen LogP contribution in [0.1, 0.15) is 37.3 Å². The number of ether oxygens (including phenoxy) is 1. The molecule has 2 aliphatic rings. The van der Waals surface area contributed by atoms with Crippen molar-refractivity contribution in [3.8, 4) is 5.75 Å². The molecular weight excluding hydrogens is 534 g/mol. The van der Waals surface area contributed by atoms with Crippen LogP contribution in [0.15, 0.2) is 29.3 Å². The molecule has 2 heterocycles. The van der Waals surface area contributed by atoms with E-state index < -0.39 is 12.7 Å². The van der Waals surface area contributed by atoms with Crippen molar-refractivity contribution in [3.63, 3.8) is 0 Å². The van der Waals surface area contributed by atoms with E-state index in [9.17, 15) is 13.2 Å². The number of nitrogens with one attached hydrogen (secondary N) is 2. The Morgan fingerprint density at radius 3 is 2.56 bits per heavy atom. The van der Waals surface area contributed by atoms with Crippen LogP contribution < -0.4 is 15.4 Å². The maximum atomic E-state index is 12.7. The molecule has 0 aliphatic carbocycles. The van der Waals surface area contributed by atoms with Gasteiger partial charge in [0.1, 0.15) is 5.75 Å². The number of piperidine rings is 1. The molecule has 3 rings (SSSR count). The van der Waals surface area contributed by atoms with Gasteiger partial charge in [0.15, 0.2) is 5.96 Å². The summed E-state index contributed by atoms with van der Waals surface area (Å²) in [5.41, 5.74) is 1.13. The van der Waals surface area contributed by atoms with Crippen LogP contribution in [-0.2, 0) is 0 Å². The predicted molar refractivity (Wildman–Crippen MR) is 132 cm³/mol. The fourth-order valence-electron chi connectivity index (χ4n) is 4.54. The van der Waals surface area contributed by atoms with Gasteiger partial charge in [-0.3, -0.25) is 14.8 Å². The molecular formula is C22H35F3IN5O. The summed E-state index contributed by atoms with van der Waals surface area (Å²) in [6.07, 6.45) is 0.109. The van der Waals surface area contributed by atoms with E-state index in [1.54, 1.807) is 14.2 Å². The summed E-state index contributed by atoms with van der Waals surface area (Å²) in [5, 5.41) is 6.71. The molecule has 2 atom stereocenters. The molecule has 1 aromatic carbocycles. The number of methoxy groups -OCH3 is 1. The van der Waals surface area contributed by atoms with Crippen molar-refractivity contribution in [2.45, 2.75) is 43.9 Å². The summed E-state index contributed by atoms with van der Waals surface area (Å²) < 4.78 is 43.6. The van der Waals surface area contributed by atoms with Gasteiger partial charge in [-0.1, -0.05) is 24.6 Å².